The normalized spacial score (nSPS) is 11.6. The van der Waals surface area contributed by atoms with Crippen molar-refractivity contribution in [3.63, 3.8) is 0 Å². The van der Waals surface area contributed by atoms with Gasteiger partial charge in [-0.05, 0) is 125 Å². The van der Waals surface area contributed by atoms with Crippen molar-refractivity contribution in [1.82, 2.24) is 0 Å². The molecule has 256 valence electrons. The average molecular weight is 698 g/mol. The lowest BCUT2D eigenvalue weighted by atomic mass is 9.80. The molecule has 11 rings (SSSR count). The van der Waals surface area contributed by atoms with Crippen molar-refractivity contribution < 1.29 is 0 Å². The van der Waals surface area contributed by atoms with E-state index >= 15 is 0 Å². The zero-order chi connectivity index (χ0) is 36.3. The molecular weight excluding hydrogens is 663 g/mol. The van der Waals surface area contributed by atoms with E-state index in [4.69, 9.17) is 0 Å². The molecule has 1 heteroatoms. The van der Waals surface area contributed by atoms with Gasteiger partial charge in [-0.1, -0.05) is 176 Å². The van der Waals surface area contributed by atoms with Gasteiger partial charge in [0.2, 0.25) is 0 Å². The van der Waals surface area contributed by atoms with Gasteiger partial charge in [0, 0.05) is 17.1 Å². The lowest BCUT2D eigenvalue weighted by Crippen LogP contribution is -2.11. The fraction of sp³-hybridized carbons (Fsp3) is 0. The Morgan fingerprint density at radius 3 is 0.655 bits per heavy atom. The van der Waals surface area contributed by atoms with E-state index in [0.717, 1.165) is 17.1 Å². The van der Waals surface area contributed by atoms with Crippen LogP contribution in [0.3, 0.4) is 0 Å². The van der Waals surface area contributed by atoms with Gasteiger partial charge in [0.25, 0.3) is 0 Å². The molecule has 0 saturated carbocycles. The molecule has 0 heterocycles. The van der Waals surface area contributed by atoms with Crippen molar-refractivity contribution >= 4 is 17.1 Å². The van der Waals surface area contributed by atoms with Crippen LogP contribution in [0.15, 0.2) is 212 Å². The summed E-state index contributed by atoms with van der Waals surface area (Å²) in [6, 6.07) is 78.0. The van der Waals surface area contributed by atoms with Gasteiger partial charge >= 0.3 is 0 Å². The number of fused-ring (bicyclic) bond motifs is 16. The number of hydrogen-bond donors (Lipinski definition) is 0. The quantitative estimate of drug-likeness (QED) is 0.178. The molecule has 0 unspecified atom stereocenters. The number of para-hydroxylation sites is 1. The van der Waals surface area contributed by atoms with Crippen molar-refractivity contribution in [3.05, 3.63) is 212 Å². The minimum atomic E-state index is 1.11. The van der Waals surface area contributed by atoms with Gasteiger partial charge in [0.15, 0.2) is 0 Å². The van der Waals surface area contributed by atoms with Gasteiger partial charge in [0.05, 0.1) is 0 Å². The molecule has 2 aliphatic carbocycles. The largest absolute Gasteiger partial charge is 0.310 e. The summed E-state index contributed by atoms with van der Waals surface area (Å²) in [5, 5.41) is 0. The first-order valence-electron chi connectivity index (χ1n) is 19.0. The van der Waals surface area contributed by atoms with Crippen molar-refractivity contribution in [3.8, 4) is 89.0 Å². The highest BCUT2D eigenvalue weighted by atomic mass is 15.1. The Hall–Kier alpha value is -7.22. The van der Waals surface area contributed by atoms with Crippen LogP contribution >= 0.6 is 0 Å². The Bertz CT molecular complexity index is 2740. The van der Waals surface area contributed by atoms with E-state index in [1.165, 1.54) is 89.0 Å². The standard InChI is InChI=1S/C54H35N/c1-2-16-36(17-3-1)55(37-30-32-51-47-26-10-8-22-43(47)39-18-4-6-20-41(39)45-24-12-14-28-49(45)53(51)34-37)38-31-33-52-48-27-11-9-23-44(48)40-19-5-7-21-42(40)46-25-13-15-29-50(46)54(52)35-38/h1-35H. The summed E-state index contributed by atoms with van der Waals surface area (Å²) < 4.78 is 0. The van der Waals surface area contributed by atoms with E-state index in [9.17, 15) is 0 Å². The average Bonchev–Trinajstić information content (AvgIpc) is 3.26. The third-order valence-corrected chi connectivity index (χ3v) is 11.4. The number of hydrogen-bond acceptors (Lipinski definition) is 1. The maximum absolute atomic E-state index is 2.42. The van der Waals surface area contributed by atoms with Crippen LogP contribution in [0.5, 0.6) is 0 Å². The Morgan fingerprint density at radius 1 is 0.164 bits per heavy atom. The molecule has 0 radical (unpaired) electrons. The molecule has 2 aliphatic rings. The van der Waals surface area contributed by atoms with Crippen molar-refractivity contribution in [1.29, 1.82) is 0 Å². The third kappa shape index (κ3) is 5.01. The Labute approximate surface area is 322 Å². The van der Waals surface area contributed by atoms with Crippen LogP contribution in [0.25, 0.3) is 89.0 Å². The number of anilines is 3. The van der Waals surface area contributed by atoms with Gasteiger partial charge in [-0.15, -0.1) is 0 Å². The second-order valence-corrected chi connectivity index (χ2v) is 14.4. The van der Waals surface area contributed by atoms with E-state index in [-0.39, 0.29) is 0 Å². The second kappa shape index (κ2) is 12.7. The fourth-order valence-corrected chi connectivity index (χ4v) is 9.00. The van der Waals surface area contributed by atoms with Crippen LogP contribution in [0.1, 0.15) is 0 Å². The minimum Gasteiger partial charge on any atom is -0.310 e. The van der Waals surface area contributed by atoms with Crippen LogP contribution in [0.4, 0.5) is 17.1 Å². The van der Waals surface area contributed by atoms with Crippen molar-refractivity contribution in [2.75, 3.05) is 4.90 Å². The number of benzene rings is 9. The lowest BCUT2D eigenvalue weighted by Gasteiger charge is -2.30. The molecule has 0 amide bonds. The molecule has 55 heavy (non-hydrogen) atoms. The summed E-state index contributed by atoms with van der Waals surface area (Å²) in [7, 11) is 0. The molecule has 0 aliphatic heterocycles. The van der Waals surface area contributed by atoms with E-state index in [1.54, 1.807) is 0 Å². The lowest BCUT2D eigenvalue weighted by molar-refractivity contribution is 1.28. The smallest absolute Gasteiger partial charge is 0.0468 e. The molecule has 9 aromatic carbocycles. The Morgan fingerprint density at radius 2 is 0.382 bits per heavy atom. The highest BCUT2D eigenvalue weighted by Gasteiger charge is 2.26. The van der Waals surface area contributed by atoms with Crippen LogP contribution in [-0.2, 0) is 0 Å². The Kier molecular flexibility index (Phi) is 7.25. The molecular formula is C54H35N. The predicted molar refractivity (Wildman–Crippen MR) is 232 cm³/mol. The monoisotopic (exact) mass is 697 g/mol. The zero-order valence-corrected chi connectivity index (χ0v) is 30.2. The molecule has 9 aromatic rings. The summed E-state index contributed by atoms with van der Waals surface area (Å²) >= 11 is 0. The van der Waals surface area contributed by atoms with E-state index in [2.05, 4.69) is 217 Å². The minimum absolute atomic E-state index is 1.11. The molecule has 0 atom stereocenters. The first-order chi connectivity index (χ1) is 27.3. The molecule has 0 fully saturated rings. The molecule has 0 bridgehead atoms. The van der Waals surface area contributed by atoms with Gasteiger partial charge in [-0.2, -0.15) is 0 Å². The summed E-state index contributed by atoms with van der Waals surface area (Å²) in [6.07, 6.45) is 0. The van der Waals surface area contributed by atoms with Crippen LogP contribution < -0.4 is 4.90 Å². The van der Waals surface area contributed by atoms with Gasteiger partial charge < -0.3 is 4.90 Å². The first kappa shape index (κ1) is 31.3. The van der Waals surface area contributed by atoms with Crippen molar-refractivity contribution in [2.45, 2.75) is 0 Å². The molecule has 0 spiro atoms. The topological polar surface area (TPSA) is 3.24 Å². The molecule has 0 aromatic heterocycles. The van der Waals surface area contributed by atoms with E-state index in [1.807, 2.05) is 0 Å². The molecule has 1 nitrogen and oxygen atoms in total. The maximum atomic E-state index is 2.42. The maximum Gasteiger partial charge on any atom is 0.0468 e. The summed E-state index contributed by atoms with van der Waals surface area (Å²) in [4.78, 5) is 2.42. The summed E-state index contributed by atoms with van der Waals surface area (Å²) in [5.41, 5.74) is 23.2. The third-order valence-electron chi connectivity index (χ3n) is 11.4. The predicted octanol–water partition coefficient (Wildman–Crippen LogP) is 15.1. The van der Waals surface area contributed by atoms with E-state index < -0.39 is 0 Å². The number of nitrogens with zero attached hydrogens (tertiary/aromatic N) is 1. The van der Waals surface area contributed by atoms with Gasteiger partial charge in [-0.3, -0.25) is 0 Å². The van der Waals surface area contributed by atoms with E-state index in [0.29, 0.717) is 0 Å². The van der Waals surface area contributed by atoms with Crippen LogP contribution in [0.2, 0.25) is 0 Å². The van der Waals surface area contributed by atoms with Gasteiger partial charge in [0.1, 0.15) is 0 Å². The summed E-state index contributed by atoms with van der Waals surface area (Å²) in [6.45, 7) is 0. The second-order valence-electron chi connectivity index (χ2n) is 14.4. The Balaban J connectivity index is 1.16. The summed E-state index contributed by atoms with van der Waals surface area (Å²) in [5.74, 6) is 0. The molecule has 0 saturated heterocycles. The highest BCUT2D eigenvalue weighted by molar-refractivity contribution is 6.06. The SMILES string of the molecule is c1ccc(N(c2ccc3c(c2)-c2ccccc2-c2ccccc2-c2ccccc2-3)c2ccc3c(c2)-c2ccccc2-c2ccccc2-c2ccccc2-3)cc1. The number of rotatable bonds is 3. The van der Waals surface area contributed by atoms with Crippen LogP contribution in [0, 0.1) is 0 Å². The van der Waals surface area contributed by atoms with Crippen molar-refractivity contribution in [2.24, 2.45) is 0 Å². The van der Waals surface area contributed by atoms with Gasteiger partial charge in [-0.25, -0.2) is 0 Å². The molecule has 0 N–H and O–H groups in total. The fourth-order valence-electron chi connectivity index (χ4n) is 9.00. The highest BCUT2D eigenvalue weighted by Crippen LogP contribution is 2.52. The van der Waals surface area contributed by atoms with Crippen LogP contribution in [-0.4, -0.2) is 0 Å². The zero-order valence-electron chi connectivity index (χ0n) is 30.2. The first-order valence-corrected chi connectivity index (χ1v) is 19.0.